The van der Waals surface area contributed by atoms with Gasteiger partial charge in [0.05, 0.1) is 0 Å². The molecular formula is C19H24AcO4. The molecule has 4 nitrogen and oxygen atoms in total. The van der Waals surface area contributed by atoms with Gasteiger partial charge in [0, 0.05) is 50.7 Å². The minimum atomic E-state index is -0.689. The molecule has 24 heavy (non-hydrogen) atoms. The molecule has 1 atom stereocenters. The van der Waals surface area contributed by atoms with Crippen molar-refractivity contribution in [1.82, 2.24) is 0 Å². The maximum Gasteiger partial charge on any atom is 0.122 e. The number of benzene rings is 2. The summed E-state index contributed by atoms with van der Waals surface area (Å²) in [5.74, 6) is 1.45. The van der Waals surface area contributed by atoms with E-state index in [1.54, 1.807) is 0 Å². The SMILES string of the molecule is Cc1ccc(OCC(O)COc2ccc(CCCO)cc2)cc1.[Ac]. The quantitative estimate of drug-likeness (QED) is 0.511. The van der Waals surface area contributed by atoms with Crippen molar-refractivity contribution in [1.29, 1.82) is 0 Å². The van der Waals surface area contributed by atoms with Gasteiger partial charge in [-0.25, -0.2) is 0 Å². The van der Waals surface area contributed by atoms with Crippen molar-refractivity contribution >= 4 is 0 Å². The van der Waals surface area contributed by atoms with Gasteiger partial charge in [-0.05, 0) is 49.6 Å². The first-order valence-electron chi connectivity index (χ1n) is 7.87. The van der Waals surface area contributed by atoms with Gasteiger partial charge in [-0.3, -0.25) is 0 Å². The van der Waals surface area contributed by atoms with E-state index in [4.69, 9.17) is 14.6 Å². The van der Waals surface area contributed by atoms with Crippen molar-refractivity contribution in [2.24, 2.45) is 0 Å². The molecule has 0 saturated heterocycles. The Labute approximate surface area is 179 Å². The van der Waals surface area contributed by atoms with E-state index in [2.05, 4.69) is 0 Å². The Morgan fingerprint density at radius 1 is 0.875 bits per heavy atom. The van der Waals surface area contributed by atoms with Crippen LogP contribution in [-0.4, -0.2) is 36.1 Å². The number of rotatable bonds is 9. The van der Waals surface area contributed by atoms with Crippen molar-refractivity contribution in [3.8, 4) is 11.5 Å². The van der Waals surface area contributed by atoms with E-state index in [9.17, 15) is 5.11 Å². The van der Waals surface area contributed by atoms with Crippen LogP contribution >= 0.6 is 0 Å². The molecule has 0 amide bonds. The molecule has 0 aliphatic rings. The fourth-order valence-electron chi connectivity index (χ4n) is 2.10. The van der Waals surface area contributed by atoms with Crippen molar-refractivity contribution < 1.29 is 63.7 Å². The number of aryl methyl sites for hydroxylation is 2. The van der Waals surface area contributed by atoms with Crippen LogP contribution < -0.4 is 9.47 Å². The van der Waals surface area contributed by atoms with Gasteiger partial charge < -0.3 is 19.7 Å². The fourth-order valence-corrected chi connectivity index (χ4v) is 2.10. The van der Waals surface area contributed by atoms with Crippen molar-refractivity contribution in [2.75, 3.05) is 19.8 Å². The number of aliphatic hydroxyl groups is 2. The van der Waals surface area contributed by atoms with Crippen LogP contribution in [0.5, 0.6) is 11.5 Å². The van der Waals surface area contributed by atoms with Crippen molar-refractivity contribution in [2.45, 2.75) is 25.9 Å². The van der Waals surface area contributed by atoms with Crippen LogP contribution in [0.2, 0.25) is 0 Å². The number of hydrogen-bond acceptors (Lipinski definition) is 4. The third-order valence-electron chi connectivity index (χ3n) is 3.45. The predicted molar refractivity (Wildman–Crippen MR) is 90.0 cm³/mol. The summed E-state index contributed by atoms with van der Waals surface area (Å²) in [6.45, 7) is 2.59. The third kappa shape index (κ3) is 7.98. The van der Waals surface area contributed by atoms with Gasteiger partial charge in [0.25, 0.3) is 0 Å². The molecule has 0 bridgehead atoms. The van der Waals surface area contributed by atoms with Gasteiger partial charge in [0.1, 0.15) is 30.8 Å². The van der Waals surface area contributed by atoms with Crippen LogP contribution in [0.3, 0.4) is 0 Å². The maximum absolute atomic E-state index is 9.92. The van der Waals surface area contributed by atoms with Crippen LogP contribution in [0.15, 0.2) is 48.5 Å². The molecule has 0 saturated carbocycles. The smallest absolute Gasteiger partial charge is 0.122 e. The zero-order valence-electron chi connectivity index (χ0n) is 14.0. The molecule has 1 unspecified atom stereocenters. The van der Waals surface area contributed by atoms with Crippen LogP contribution in [0.25, 0.3) is 0 Å². The topological polar surface area (TPSA) is 58.9 Å². The van der Waals surface area contributed by atoms with Crippen LogP contribution in [0, 0.1) is 51.0 Å². The summed E-state index contributed by atoms with van der Waals surface area (Å²) in [5.41, 5.74) is 2.33. The molecule has 0 fully saturated rings. The standard InChI is InChI=1S/C19H24O4.Ac/c1-15-4-8-18(9-5-15)22-13-17(21)14-23-19-10-6-16(7-11-19)3-2-12-20;/h4-11,17,20-21H,2-3,12-14H2,1H3;. The Bertz CT molecular complexity index is 569. The summed E-state index contributed by atoms with van der Waals surface area (Å²) in [6, 6.07) is 15.4. The van der Waals surface area contributed by atoms with E-state index in [0.29, 0.717) is 5.75 Å². The average molecular weight is 543 g/mol. The van der Waals surface area contributed by atoms with Gasteiger partial charge in [-0.2, -0.15) is 0 Å². The van der Waals surface area contributed by atoms with Crippen LogP contribution in [0.1, 0.15) is 17.5 Å². The number of hydrogen-bond donors (Lipinski definition) is 2. The molecule has 0 heterocycles. The Morgan fingerprint density at radius 3 is 1.88 bits per heavy atom. The largest absolute Gasteiger partial charge is 0.491 e. The second-order valence-electron chi connectivity index (χ2n) is 5.56. The minimum absolute atomic E-state index is 0. The molecule has 2 rings (SSSR count). The third-order valence-corrected chi connectivity index (χ3v) is 3.45. The summed E-state index contributed by atoms with van der Waals surface area (Å²) in [6.07, 6.45) is 0.921. The van der Waals surface area contributed by atoms with Gasteiger partial charge >= 0.3 is 0 Å². The first kappa shape index (κ1) is 21.4. The molecule has 0 aliphatic heterocycles. The van der Waals surface area contributed by atoms with Gasteiger partial charge in [-0.1, -0.05) is 29.8 Å². The summed E-state index contributed by atoms with van der Waals surface area (Å²) in [4.78, 5) is 0. The first-order chi connectivity index (χ1) is 11.2. The fraction of sp³-hybridized carbons (Fsp3) is 0.368. The van der Waals surface area contributed by atoms with Gasteiger partial charge in [-0.15, -0.1) is 0 Å². The predicted octanol–water partition coefficient (Wildman–Crippen LogP) is 2.74. The van der Waals surface area contributed by atoms with Crippen molar-refractivity contribution in [3.05, 3.63) is 59.7 Å². The normalized spacial score (nSPS) is 11.5. The Balaban J connectivity index is 0.00000288. The zero-order chi connectivity index (χ0) is 16.5. The van der Waals surface area contributed by atoms with Gasteiger partial charge in [0.2, 0.25) is 0 Å². The summed E-state index contributed by atoms with van der Waals surface area (Å²) < 4.78 is 11.1. The maximum atomic E-state index is 9.92. The summed E-state index contributed by atoms with van der Waals surface area (Å²) >= 11 is 0. The van der Waals surface area contributed by atoms with Gasteiger partial charge in [0.15, 0.2) is 0 Å². The molecule has 127 valence electrons. The van der Waals surface area contributed by atoms with E-state index in [1.807, 2.05) is 55.5 Å². The number of ether oxygens (including phenoxy) is 2. The van der Waals surface area contributed by atoms with E-state index < -0.39 is 6.10 Å². The number of aliphatic hydroxyl groups excluding tert-OH is 2. The summed E-state index contributed by atoms with van der Waals surface area (Å²) in [5, 5.41) is 18.7. The molecule has 5 heteroatoms. The zero-order valence-corrected chi connectivity index (χ0v) is 18.8. The monoisotopic (exact) mass is 543 g/mol. The Hall–Kier alpha value is -0.598. The minimum Gasteiger partial charge on any atom is -0.491 e. The molecule has 2 aromatic carbocycles. The average Bonchev–Trinajstić information content (AvgIpc) is 2.58. The van der Waals surface area contributed by atoms with Crippen LogP contribution in [0.4, 0.5) is 0 Å². The molecule has 0 aliphatic carbocycles. The molecule has 0 aromatic heterocycles. The second-order valence-corrected chi connectivity index (χ2v) is 5.56. The van der Waals surface area contributed by atoms with E-state index in [0.717, 1.165) is 24.2 Å². The van der Waals surface area contributed by atoms with E-state index >= 15 is 0 Å². The van der Waals surface area contributed by atoms with E-state index in [1.165, 1.54) is 5.56 Å². The summed E-state index contributed by atoms with van der Waals surface area (Å²) in [7, 11) is 0. The molecule has 0 spiro atoms. The molecule has 2 aromatic rings. The molecular weight excluding hydrogens is 519 g/mol. The molecule has 1 radical (unpaired) electrons. The van der Waals surface area contributed by atoms with E-state index in [-0.39, 0.29) is 63.9 Å². The first-order valence-corrected chi connectivity index (χ1v) is 7.87. The van der Waals surface area contributed by atoms with Crippen molar-refractivity contribution in [3.63, 3.8) is 0 Å². The Morgan fingerprint density at radius 2 is 1.38 bits per heavy atom. The second kappa shape index (κ2) is 11.9. The molecule has 2 N–H and O–H groups in total. The Kier molecular flexibility index (Phi) is 10.6. The van der Waals surface area contributed by atoms with Crippen LogP contribution in [-0.2, 0) is 6.42 Å².